The summed E-state index contributed by atoms with van der Waals surface area (Å²) >= 11 is 0. The Morgan fingerprint density at radius 2 is 1.84 bits per heavy atom. The lowest BCUT2D eigenvalue weighted by atomic mass is 9.82. The molecule has 0 aromatic heterocycles. The molecule has 1 aliphatic heterocycles. The van der Waals surface area contributed by atoms with E-state index in [4.69, 9.17) is 0 Å². The molecule has 3 heteroatoms. The van der Waals surface area contributed by atoms with Gasteiger partial charge in [-0.2, -0.15) is 0 Å². The first-order valence-corrected chi connectivity index (χ1v) is 7.39. The zero-order chi connectivity index (χ0) is 13.3. The van der Waals surface area contributed by atoms with Gasteiger partial charge in [-0.1, -0.05) is 18.9 Å². The van der Waals surface area contributed by atoms with Gasteiger partial charge in [0.05, 0.1) is 0 Å². The first-order chi connectivity index (χ1) is 9.21. The topological polar surface area (TPSA) is 12.0 Å². The van der Waals surface area contributed by atoms with E-state index in [1.54, 1.807) is 0 Å². The van der Waals surface area contributed by atoms with Crippen LogP contribution >= 0.6 is 0 Å². The molecule has 1 heterocycles. The maximum atomic E-state index is 13.9. The van der Waals surface area contributed by atoms with Gasteiger partial charge in [-0.15, -0.1) is 0 Å². The average Bonchev–Trinajstić information content (AvgIpc) is 3.21. The zero-order valence-corrected chi connectivity index (χ0v) is 11.2. The smallest absolute Gasteiger partial charge is 0.129 e. The SMILES string of the molecule is Fc1cccc(F)c1CC1(C2CC2)CCCCCN1. The molecule has 3 rings (SSSR count). The van der Waals surface area contributed by atoms with Gasteiger partial charge in [-0.05, 0) is 56.7 Å². The van der Waals surface area contributed by atoms with Gasteiger partial charge < -0.3 is 5.32 Å². The second-order valence-corrected chi connectivity index (χ2v) is 6.04. The molecule has 2 aliphatic rings. The number of nitrogens with one attached hydrogen (secondary N) is 1. The van der Waals surface area contributed by atoms with Crippen molar-refractivity contribution in [1.82, 2.24) is 5.32 Å². The minimum atomic E-state index is -0.397. The number of benzene rings is 1. The fraction of sp³-hybridized carbons (Fsp3) is 0.625. The van der Waals surface area contributed by atoms with Crippen molar-refractivity contribution in [3.05, 3.63) is 35.4 Å². The quantitative estimate of drug-likeness (QED) is 0.876. The molecule has 0 radical (unpaired) electrons. The van der Waals surface area contributed by atoms with Gasteiger partial charge in [0.2, 0.25) is 0 Å². The highest BCUT2D eigenvalue weighted by molar-refractivity contribution is 5.24. The van der Waals surface area contributed by atoms with Gasteiger partial charge >= 0.3 is 0 Å². The Morgan fingerprint density at radius 1 is 1.11 bits per heavy atom. The number of hydrogen-bond acceptors (Lipinski definition) is 1. The highest BCUT2D eigenvalue weighted by atomic mass is 19.1. The second kappa shape index (κ2) is 5.20. The van der Waals surface area contributed by atoms with Crippen LogP contribution in [0.3, 0.4) is 0 Å². The Hall–Kier alpha value is -0.960. The van der Waals surface area contributed by atoms with Crippen molar-refractivity contribution in [3.8, 4) is 0 Å². The summed E-state index contributed by atoms with van der Waals surface area (Å²) in [4.78, 5) is 0. The largest absolute Gasteiger partial charge is 0.311 e. The van der Waals surface area contributed by atoms with Crippen molar-refractivity contribution in [2.24, 2.45) is 5.92 Å². The van der Waals surface area contributed by atoms with Crippen molar-refractivity contribution in [1.29, 1.82) is 0 Å². The van der Waals surface area contributed by atoms with E-state index in [0.717, 1.165) is 13.0 Å². The van der Waals surface area contributed by atoms with E-state index >= 15 is 0 Å². The molecule has 1 N–H and O–H groups in total. The van der Waals surface area contributed by atoms with Gasteiger partial charge in [0, 0.05) is 11.1 Å². The normalized spacial score (nSPS) is 28.1. The maximum absolute atomic E-state index is 13.9. The molecule has 0 bridgehead atoms. The summed E-state index contributed by atoms with van der Waals surface area (Å²) in [5.41, 5.74) is 0.197. The molecule has 1 saturated carbocycles. The van der Waals surface area contributed by atoms with E-state index in [0.29, 0.717) is 12.3 Å². The van der Waals surface area contributed by atoms with E-state index in [1.807, 2.05) is 0 Å². The Morgan fingerprint density at radius 3 is 2.53 bits per heavy atom. The molecule has 1 unspecified atom stereocenters. The van der Waals surface area contributed by atoms with Gasteiger partial charge in [0.25, 0.3) is 0 Å². The van der Waals surface area contributed by atoms with Crippen LogP contribution in [0.25, 0.3) is 0 Å². The van der Waals surface area contributed by atoms with E-state index in [1.165, 1.54) is 50.3 Å². The third kappa shape index (κ3) is 2.66. The summed E-state index contributed by atoms with van der Waals surface area (Å²) in [5.74, 6) is -0.193. The van der Waals surface area contributed by atoms with Crippen LogP contribution in [-0.2, 0) is 6.42 Å². The van der Waals surface area contributed by atoms with Crippen molar-refractivity contribution < 1.29 is 8.78 Å². The highest BCUT2D eigenvalue weighted by Crippen LogP contribution is 2.45. The molecular formula is C16H21F2N. The third-order valence-electron chi connectivity index (χ3n) is 4.69. The van der Waals surface area contributed by atoms with Crippen LogP contribution < -0.4 is 5.32 Å². The first kappa shape index (κ1) is 13.0. The van der Waals surface area contributed by atoms with E-state index in [9.17, 15) is 8.78 Å². The molecule has 1 atom stereocenters. The van der Waals surface area contributed by atoms with Gasteiger partial charge in [0.1, 0.15) is 11.6 Å². The Kier molecular flexibility index (Phi) is 3.57. The molecule has 2 fully saturated rings. The molecule has 1 saturated heterocycles. The molecule has 1 nitrogen and oxygen atoms in total. The van der Waals surface area contributed by atoms with Crippen LogP contribution in [0.15, 0.2) is 18.2 Å². The summed E-state index contributed by atoms with van der Waals surface area (Å²) in [6.07, 6.45) is 7.50. The monoisotopic (exact) mass is 265 g/mol. The molecule has 1 aliphatic carbocycles. The van der Waals surface area contributed by atoms with Crippen LogP contribution in [0.5, 0.6) is 0 Å². The van der Waals surface area contributed by atoms with Gasteiger partial charge in [-0.3, -0.25) is 0 Å². The molecule has 0 amide bonds. The zero-order valence-electron chi connectivity index (χ0n) is 11.2. The van der Waals surface area contributed by atoms with Crippen molar-refractivity contribution in [2.75, 3.05) is 6.54 Å². The highest BCUT2D eigenvalue weighted by Gasteiger charge is 2.45. The van der Waals surface area contributed by atoms with E-state index in [-0.39, 0.29) is 11.1 Å². The molecular weight excluding hydrogens is 244 g/mol. The lowest BCUT2D eigenvalue weighted by Crippen LogP contribution is -2.49. The summed E-state index contributed by atoms with van der Waals surface area (Å²) < 4.78 is 27.8. The first-order valence-electron chi connectivity index (χ1n) is 7.39. The maximum Gasteiger partial charge on any atom is 0.129 e. The number of halogens is 2. The Bertz CT molecular complexity index is 426. The minimum absolute atomic E-state index is 0.0699. The summed E-state index contributed by atoms with van der Waals surface area (Å²) in [5, 5.41) is 3.63. The van der Waals surface area contributed by atoms with Crippen molar-refractivity contribution >= 4 is 0 Å². The van der Waals surface area contributed by atoms with Gasteiger partial charge in [-0.25, -0.2) is 8.78 Å². The number of hydrogen-bond donors (Lipinski definition) is 1. The molecule has 19 heavy (non-hydrogen) atoms. The van der Waals surface area contributed by atoms with Crippen LogP contribution in [0.4, 0.5) is 8.78 Å². The minimum Gasteiger partial charge on any atom is -0.311 e. The molecule has 0 spiro atoms. The lowest BCUT2D eigenvalue weighted by molar-refractivity contribution is 0.265. The second-order valence-electron chi connectivity index (χ2n) is 6.04. The molecule has 1 aromatic carbocycles. The Labute approximate surface area is 113 Å². The summed E-state index contributed by atoms with van der Waals surface area (Å²) in [6.45, 7) is 0.979. The molecule has 1 aromatic rings. The molecule has 104 valence electrons. The lowest BCUT2D eigenvalue weighted by Gasteiger charge is -2.34. The van der Waals surface area contributed by atoms with Crippen LogP contribution in [-0.4, -0.2) is 12.1 Å². The fourth-order valence-electron chi connectivity index (χ4n) is 3.46. The number of rotatable bonds is 3. The third-order valence-corrected chi connectivity index (χ3v) is 4.69. The average molecular weight is 265 g/mol. The van der Waals surface area contributed by atoms with Crippen molar-refractivity contribution in [3.63, 3.8) is 0 Å². The summed E-state index contributed by atoms with van der Waals surface area (Å²) in [6, 6.07) is 4.18. The van der Waals surface area contributed by atoms with E-state index < -0.39 is 11.6 Å². The Balaban J connectivity index is 1.88. The van der Waals surface area contributed by atoms with Crippen LogP contribution in [0, 0.1) is 17.6 Å². The van der Waals surface area contributed by atoms with Crippen LogP contribution in [0.2, 0.25) is 0 Å². The van der Waals surface area contributed by atoms with Crippen molar-refractivity contribution in [2.45, 2.75) is 50.5 Å². The predicted molar refractivity (Wildman–Crippen MR) is 72.0 cm³/mol. The fourth-order valence-corrected chi connectivity index (χ4v) is 3.46. The van der Waals surface area contributed by atoms with Gasteiger partial charge in [0.15, 0.2) is 0 Å². The standard InChI is InChI=1S/C16H21F2N/c17-14-5-4-6-15(18)13(14)11-16(12-7-8-12)9-2-1-3-10-19-16/h4-6,12,19H,1-3,7-11H2. The van der Waals surface area contributed by atoms with E-state index in [2.05, 4.69) is 5.32 Å². The predicted octanol–water partition coefficient (Wildman–Crippen LogP) is 3.82. The summed E-state index contributed by atoms with van der Waals surface area (Å²) in [7, 11) is 0. The van der Waals surface area contributed by atoms with Crippen LogP contribution in [0.1, 0.15) is 44.1 Å².